The lowest BCUT2D eigenvalue weighted by Gasteiger charge is -2.28. The van der Waals surface area contributed by atoms with Crippen molar-refractivity contribution in [2.75, 3.05) is 13.2 Å². The van der Waals surface area contributed by atoms with Crippen LogP contribution in [0.5, 0.6) is 0 Å². The number of hydrogen-bond acceptors (Lipinski definition) is 6. The predicted molar refractivity (Wildman–Crippen MR) is 73.5 cm³/mol. The minimum Gasteiger partial charge on any atom is -0.368 e. The highest BCUT2D eigenvalue weighted by molar-refractivity contribution is 4.99. The molecule has 0 aromatic carbocycles. The fourth-order valence-corrected chi connectivity index (χ4v) is 3.05. The van der Waals surface area contributed by atoms with Gasteiger partial charge in [0.25, 0.3) is 0 Å². The summed E-state index contributed by atoms with van der Waals surface area (Å²) in [7, 11) is 0. The summed E-state index contributed by atoms with van der Waals surface area (Å²) in [5, 5.41) is 0. The molecule has 21 heavy (non-hydrogen) atoms. The molecule has 0 saturated carbocycles. The van der Waals surface area contributed by atoms with Crippen LogP contribution < -0.4 is 0 Å². The van der Waals surface area contributed by atoms with Crippen LogP contribution in [0.1, 0.15) is 27.7 Å². The summed E-state index contributed by atoms with van der Waals surface area (Å²) in [4.78, 5) is 0. The van der Waals surface area contributed by atoms with E-state index in [9.17, 15) is 0 Å². The van der Waals surface area contributed by atoms with Crippen molar-refractivity contribution in [1.29, 1.82) is 0 Å². The highest BCUT2D eigenvalue weighted by atomic mass is 16.8. The first kappa shape index (κ1) is 15.4. The topological polar surface area (TPSA) is 55.4 Å². The van der Waals surface area contributed by atoms with Crippen molar-refractivity contribution < 1.29 is 28.4 Å². The van der Waals surface area contributed by atoms with Crippen LogP contribution in [-0.2, 0) is 28.4 Å². The molecule has 120 valence electrons. The van der Waals surface area contributed by atoms with Gasteiger partial charge in [-0.15, -0.1) is 6.58 Å². The predicted octanol–water partition coefficient (Wildman–Crippen LogP) is 1.59. The summed E-state index contributed by atoms with van der Waals surface area (Å²) in [6, 6.07) is 0. The molecule has 5 atom stereocenters. The minimum atomic E-state index is -0.664. The van der Waals surface area contributed by atoms with Crippen LogP contribution in [0.2, 0.25) is 0 Å². The molecular formula is C15H24O6. The van der Waals surface area contributed by atoms with Gasteiger partial charge in [0, 0.05) is 0 Å². The zero-order valence-corrected chi connectivity index (χ0v) is 13.0. The summed E-state index contributed by atoms with van der Waals surface area (Å²) in [5.74, 6) is -1.27. The second-order valence-electron chi connectivity index (χ2n) is 6.52. The molecule has 3 heterocycles. The monoisotopic (exact) mass is 300 g/mol. The van der Waals surface area contributed by atoms with Crippen LogP contribution in [0, 0.1) is 0 Å². The Hall–Kier alpha value is -0.500. The molecule has 6 heteroatoms. The molecule has 0 aliphatic carbocycles. The van der Waals surface area contributed by atoms with Crippen molar-refractivity contribution >= 4 is 0 Å². The summed E-state index contributed by atoms with van der Waals surface area (Å²) in [6.45, 7) is 12.1. The summed E-state index contributed by atoms with van der Waals surface area (Å²) < 4.78 is 35.1. The molecule has 0 aromatic heterocycles. The van der Waals surface area contributed by atoms with E-state index < -0.39 is 17.9 Å². The Labute approximate surface area is 125 Å². The second kappa shape index (κ2) is 5.30. The van der Waals surface area contributed by atoms with Gasteiger partial charge in [-0.2, -0.15) is 0 Å². The zero-order valence-electron chi connectivity index (χ0n) is 13.0. The molecule has 6 nitrogen and oxygen atoms in total. The third kappa shape index (κ3) is 3.02. The Morgan fingerprint density at radius 1 is 1.10 bits per heavy atom. The Kier molecular flexibility index (Phi) is 3.88. The largest absolute Gasteiger partial charge is 0.368 e. The van der Waals surface area contributed by atoms with E-state index in [1.165, 1.54) is 0 Å². The molecule has 3 rings (SSSR count). The van der Waals surface area contributed by atoms with Crippen molar-refractivity contribution in [2.24, 2.45) is 0 Å². The molecule has 0 amide bonds. The first-order chi connectivity index (χ1) is 9.81. The molecule has 3 saturated heterocycles. The van der Waals surface area contributed by atoms with E-state index in [2.05, 4.69) is 6.58 Å². The fourth-order valence-electron chi connectivity index (χ4n) is 3.05. The highest BCUT2D eigenvalue weighted by Gasteiger charge is 2.58. The van der Waals surface area contributed by atoms with E-state index in [4.69, 9.17) is 28.4 Å². The highest BCUT2D eigenvalue weighted by Crippen LogP contribution is 2.41. The molecule has 0 bridgehead atoms. The van der Waals surface area contributed by atoms with Gasteiger partial charge in [0.05, 0.1) is 13.2 Å². The summed E-state index contributed by atoms with van der Waals surface area (Å²) >= 11 is 0. The van der Waals surface area contributed by atoms with E-state index in [0.29, 0.717) is 13.2 Å². The quantitative estimate of drug-likeness (QED) is 0.735. The van der Waals surface area contributed by atoms with Crippen LogP contribution in [0.15, 0.2) is 12.7 Å². The van der Waals surface area contributed by atoms with Gasteiger partial charge in [0.15, 0.2) is 17.9 Å². The van der Waals surface area contributed by atoms with Gasteiger partial charge in [-0.1, -0.05) is 6.08 Å². The first-order valence-electron chi connectivity index (χ1n) is 7.37. The molecular weight excluding hydrogens is 276 g/mol. The summed E-state index contributed by atoms with van der Waals surface area (Å²) in [5.41, 5.74) is 0. The number of hydrogen-bond donors (Lipinski definition) is 0. The normalized spacial score (nSPS) is 43.9. The Balaban J connectivity index is 1.73. The van der Waals surface area contributed by atoms with Crippen molar-refractivity contribution in [3.8, 4) is 0 Å². The zero-order chi connectivity index (χ0) is 15.3. The van der Waals surface area contributed by atoms with Crippen LogP contribution in [0.25, 0.3) is 0 Å². The van der Waals surface area contributed by atoms with Gasteiger partial charge in [-0.3, -0.25) is 0 Å². The standard InChI is InChI=1S/C15H24O6/c1-6-7-16-11-10(9-8-17-14(2,3)19-9)18-13-12(11)20-15(4,5)21-13/h6,9-13H,1,7-8H2,2-5H3/t9-,10?,11+,12?,13?/m1/s1. The lowest BCUT2D eigenvalue weighted by molar-refractivity contribution is -0.235. The second-order valence-corrected chi connectivity index (χ2v) is 6.52. The SMILES string of the molecule is C=CCO[C@@H]1C2OC(C)(C)OC2OC1[C@H]1COC(C)(C)O1. The lowest BCUT2D eigenvalue weighted by Crippen LogP contribution is -2.44. The Morgan fingerprint density at radius 3 is 2.48 bits per heavy atom. The van der Waals surface area contributed by atoms with Crippen molar-refractivity contribution in [1.82, 2.24) is 0 Å². The van der Waals surface area contributed by atoms with Crippen LogP contribution in [0.3, 0.4) is 0 Å². The molecule has 0 spiro atoms. The molecule has 0 radical (unpaired) electrons. The number of fused-ring (bicyclic) bond motifs is 1. The van der Waals surface area contributed by atoms with Crippen LogP contribution >= 0.6 is 0 Å². The summed E-state index contributed by atoms with van der Waals surface area (Å²) in [6.07, 6.45) is 0.261. The van der Waals surface area contributed by atoms with Crippen LogP contribution in [0.4, 0.5) is 0 Å². The van der Waals surface area contributed by atoms with Gasteiger partial charge >= 0.3 is 0 Å². The molecule has 0 N–H and O–H groups in total. The minimum absolute atomic E-state index is 0.198. The third-order valence-corrected chi connectivity index (χ3v) is 3.83. The first-order valence-corrected chi connectivity index (χ1v) is 7.37. The van der Waals surface area contributed by atoms with E-state index in [-0.39, 0.29) is 24.4 Å². The maximum Gasteiger partial charge on any atom is 0.190 e. The van der Waals surface area contributed by atoms with Gasteiger partial charge in [-0.05, 0) is 27.7 Å². The van der Waals surface area contributed by atoms with E-state index in [1.54, 1.807) is 6.08 Å². The van der Waals surface area contributed by atoms with E-state index in [1.807, 2.05) is 27.7 Å². The van der Waals surface area contributed by atoms with Gasteiger partial charge in [0.1, 0.15) is 24.4 Å². The van der Waals surface area contributed by atoms with Crippen LogP contribution in [-0.4, -0.2) is 55.5 Å². The average molecular weight is 300 g/mol. The maximum absolute atomic E-state index is 6.00. The maximum atomic E-state index is 6.00. The van der Waals surface area contributed by atoms with E-state index >= 15 is 0 Å². The van der Waals surface area contributed by atoms with Crippen molar-refractivity contribution in [3.63, 3.8) is 0 Å². The third-order valence-electron chi connectivity index (χ3n) is 3.83. The number of ether oxygens (including phenoxy) is 6. The average Bonchev–Trinajstić information content (AvgIpc) is 2.96. The molecule has 0 aromatic rings. The molecule has 3 aliphatic rings. The van der Waals surface area contributed by atoms with E-state index in [0.717, 1.165) is 0 Å². The van der Waals surface area contributed by atoms with Crippen molar-refractivity contribution in [3.05, 3.63) is 12.7 Å². The Bertz CT molecular complexity index is 407. The fraction of sp³-hybridized carbons (Fsp3) is 0.867. The smallest absolute Gasteiger partial charge is 0.190 e. The molecule has 3 aliphatic heterocycles. The molecule has 3 fully saturated rings. The Morgan fingerprint density at radius 2 is 1.86 bits per heavy atom. The van der Waals surface area contributed by atoms with Gasteiger partial charge in [-0.25, -0.2) is 0 Å². The van der Waals surface area contributed by atoms with Gasteiger partial charge in [0.2, 0.25) is 0 Å². The molecule has 3 unspecified atom stereocenters. The lowest BCUT2D eigenvalue weighted by atomic mass is 10.1. The van der Waals surface area contributed by atoms with Crippen molar-refractivity contribution in [2.45, 2.75) is 70.0 Å². The number of rotatable bonds is 4. The van der Waals surface area contributed by atoms with Gasteiger partial charge < -0.3 is 28.4 Å².